The second kappa shape index (κ2) is 15.3. The van der Waals surface area contributed by atoms with Crippen molar-refractivity contribution in [3.63, 3.8) is 0 Å². The summed E-state index contributed by atoms with van der Waals surface area (Å²) in [7, 11) is 7.49. The van der Waals surface area contributed by atoms with E-state index in [4.69, 9.17) is 28.4 Å². The molecule has 9 heteroatoms. The molecule has 198 valence electrons. The highest BCUT2D eigenvalue weighted by molar-refractivity contribution is 5.99. The minimum absolute atomic E-state index is 0.00350. The first-order valence-electron chi connectivity index (χ1n) is 11.4. The number of hydrogen-bond donors (Lipinski definition) is 0. The first kappa shape index (κ1) is 30.3. The third-order valence-electron chi connectivity index (χ3n) is 5.15. The lowest BCUT2D eigenvalue weighted by Crippen LogP contribution is -2.13. The van der Waals surface area contributed by atoms with Crippen LogP contribution in [0.4, 0.5) is 0 Å². The molecule has 0 saturated carbocycles. The van der Waals surface area contributed by atoms with Gasteiger partial charge in [-0.2, -0.15) is 0 Å². The highest BCUT2D eigenvalue weighted by Crippen LogP contribution is 2.41. The van der Waals surface area contributed by atoms with Gasteiger partial charge in [0, 0.05) is 6.42 Å². The van der Waals surface area contributed by atoms with E-state index in [2.05, 4.69) is 0 Å². The third kappa shape index (κ3) is 7.90. The molecule has 0 aromatic heterocycles. The lowest BCUT2D eigenvalue weighted by Gasteiger charge is -2.16. The van der Waals surface area contributed by atoms with Crippen LogP contribution in [0.2, 0.25) is 0 Å². The summed E-state index contributed by atoms with van der Waals surface area (Å²) in [6, 6.07) is 6.58. The van der Waals surface area contributed by atoms with Gasteiger partial charge in [0.15, 0.2) is 40.3 Å². The van der Waals surface area contributed by atoms with Crippen molar-refractivity contribution >= 4 is 17.3 Å². The van der Waals surface area contributed by atoms with Gasteiger partial charge >= 0.3 is 0 Å². The van der Waals surface area contributed by atoms with E-state index in [1.807, 2.05) is 6.92 Å². The van der Waals surface area contributed by atoms with Gasteiger partial charge in [0.05, 0.1) is 46.7 Å². The summed E-state index contributed by atoms with van der Waals surface area (Å²) in [6.45, 7) is 4.85. The second-order valence-corrected chi connectivity index (χ2v) is 7.60. The van der Waals surface area contributed by atoms with Crippen LogP contribution < -0.4 is 28.4 Å². The predicted octanol–water partition coefficient (Wildman–Crippen LogP) is 4.96. The van der Waals surface area contributed by atoms with E-state index in [9.17, 15) is 14.4 Å². The topological polar surface area (TPSA) is 107 Å². The molecule has 0 N–H and O–H groups in total. The van der Waals surface area contributed by atoms with Crippen molar-refractivity contribution in [2.45, 2.75) is 40.0 Å². The normalized spacial score (nSPS) is 9.89. The maximum atomic E-state index is 11.7. The van der Waals surface area contributed by atoms with Gasteiger partial charge < -0.3 is 28.4 Å². The van der Waals surface area contributed by atoms with Gasteiger partial charge in [-0.1, -0.05) is 13.3 Å². The summed E-state index contributed by atoms with van der Waals surface area (Å²) in [5, 5.41) is 0. The van der Waals surface area contributed by atoms with Crippen LogP contribution in [0.25, 0.3) is 0 Å². The fourth-order valence-electron chi connectivity index (χ4n) is 3.30. The molecule has 0 atom stereocenters. The van der Waals surface area contributed by atoms with Crippen LogP contribution in [0.1, 0.15) is 60.7 Å². The SMILES string of the molecule is CCCCC(=O)COc1c(C(C)=O)ccc(OC)c1OC.COc1ccc(C(C)=O)c(OC)c1OC. The van der Waals surface area contributed by atoms with Crippen LogP contribution in [0.3, 0.4) is 0 Å². The maximum absolute atomic E-state index is 11.7. The highest BCUT2D eigenvalue weighted by Gasteiger charge is 2.20. The molecule has 0 bridgehead atoms. The first-order valence-corrected chi connectivity index (χ1v) is 11.4. The van der Waals surface area contributed by atoms with E-state index in [0.29, 0.717) is 46.3 Å². The van der Waals surface area contributed by atoms with Crippen LogP contribution >= 0.6 is 0 Å². The zero-order chi connectivity index (χ0) is 27.3. The summed E-state index contributed by atoms with van der Waals surface area (Å²) < 4.78 is 31.4. The van der Waals surface area contributed by atoms with Gasteiger partial charge in [-0.3, -0.25) is 14.4 Å². The number of methoxy groups -OCH3 is 5. The van der Waals surface area contributed by atoms with Crippen LogP contribution in [-0.4, -0.2) is 59.5 Å². The standard InChI is InChI=1S/C16H22O5.C11H14O4/c1-5-6-7-12(18)10-21-15-13(11(2)17)8-9-14(19-3)16(15)20-4;1-7(12)8-5-6-9(13-2)11(15-4)10(8)14-3/h8-9H,5-7,10H2,1-4H3;5-6H,1-4H3. The number of carbonyl (C=O) groups excluding carboxylic acids is 3. The molecular formula is C27H36O9. The van der Waals surface area contributed by atoms with Crippen molar-refractivity contribution in [2.24, 2.45) is 0 Å². The number of carbonyl (C=O) groups is 3. The highest BCUT2D eigenvalue weighted by atomic mass is 16.5. The lowest BCUT2D eigenvalue weighted by atomic mass is 10.1. The molecule has 0 aliphatic carbocycles. The van der Waals surface area contributed by atoms with Crippen molar-refractivity contribution in [2.75, 3.05) is 42.2 Å². The molecule has 0 spiro atoms. The van der Waals surface area contributed by atoms with Crippen molar-refractivity contribution < 1.29 is 42.8 Å². The molecule has 2 rings (SSSR count). The van der Waals surface area contributed by atoms with Gasteiger partial charge in [0.1, 0.15) is 6.61 Å². The minimum Gasteiger partial charge on any atom is -0.493 e. The largest absolute Gasteiger partial charge is 0.493 e. The molecule has 0 fully saturated rings. The fourth-order valence-corrected chi connectivity index (χ4v) is 3.30. The molecule has 2 aromatic carbocycles. The molecule has 0 heterocycles. The predicted molar refractivity (Wildman–Crippen MR) is 136 cm³/mol. The monoisotopic (exact) mass is 504 g/mol. The summed E-state index contributed by atoms with van der Waals surface area (Å²) in [5.74, 6) is 2.19. The zero-order valence-corrected chi connectivity index (χ0v) is 22.3. The van der Waals surface area contributed by atoms with Crippen LogP contribution in [0.15, 0.2) is 24.3 Å². The summed E-state index contributed by atoms with van der Waals surface area (Å²) in [4.78, 5) is 34.7. The summed E-state index contributed by atoms with van der Waals surface area (Å²) >= 11 is 0. The smallest absolute Gasteiger partial charge is 0.204 e. The molecule has 0 aliphatic rings. The van der Waals surface area contributed by atoms with Crippen LogP contribution in [-0.2, 0) is 4.79 Å². The summed E-state index contributed by atoms with van der Waals surface area (Å²) in [5.41, 5.74) is 0.853. The molecule has 2 aromatic rings. The molecule has 0 amide bonds. The van der Waals surface area contributed by atoms with Crippen molar-refractivity contribution in [3.8, 4) is 34.5 Å². The Morgan fingerprint density at radius 3 is 1.47 bits per heavy atom. The summed E-state index contributed by atoms with van der Waals surface area (Å²) in [6.07, 6.45) is 2.25. The quantitative estimate of drug-likeness (QED) is 0.350. The Morgan fingerprint density at radius 1 is 0.639 bits per heavy atom. The molecule has 9 nitrogen and oxygen atoms in total. The molecule has 0 aliphatic heterocycles. The van der Waals surface area contributed by atoms with Crippen molar-refractivity contribution in [1.82, 2.24) is 0 Å². The average molecular weight is 505 g/mol. The zero-order valence-electron chi connectivity index (χ0n) is 22.3. The van der Waals surface area contributed by atoms with E-state index in [1.54, 1.807) is 24.3 Å². The molecule has 0 unspecified atom stereocenters. The number of benzene rings is 2. The number of hydrogen-bond acceptors (Lipinski definition) is 9. The van der Waals surface area contributed by atoms with Gasteiger partial charge in [0.25, 0.3) is 0 Å². The minimum atomic E-state index is -0.160. The Hall–Kier alpha value is -3.75. The van der Waals surface area contributed by atoms with Gasteiger partial charge in [-0.05, 0) is 44.5 Å². The Balaban J connectivity index is 0.000000381. The van der Waals surface area contributed by atoms with Crippen molar-refractivity contribution in [1.29, 1.82) is 0 Å². The lowest BCUT2D eigenvalue weighted by molar-refractivity contribution is -0.121. The second-order valence-electron chi connectivity index (χ2n) is 7.60. The molecule has 0 saturated heterocycles. The van der Waals surface area contributed by atoms with E-state index in [1.165, 1.54) is 49.4 Å². The van der Waals surface area contributed by atoms with Crippen molar-refractivity contribution in [3.05, 3.63) is 35.4 Å². The van der Waals surface area contributed by atoms with Crippen LogP contribution in [0.5, 0.6) is 34.5 Å². The Labute approximate surface area is 212 Å². The Bertz CT molecular complexity index is 1040. The Kier molecular flexibility index (Phi) is 12.9. The Morgan fingerprint density at radius 2 is 1.08 bits per heavy atom. The van der Waals surface area contributed by atoms with Gasteiger partial charge in [0.2, 0.25) is 11.5 Å². The van der Waals surface area contributed by atoms with E-state index >= 15 is 0 Å². The molecule has 0 radical (unpaired) electrons. The molecule has 36 heavy (non-hydrogen) atoms. The number of ether oxygens (including phenoxy) is 6. The van der Waals surface area contributed by atoms with E-state index < -0.39 is 0 Å². The number of rotatable bonds is 13. The average Bonchev–Trinajstić information content (AvgIpc) is 2.88. The third-order valence-corrected chi connectivity index (χ3v) is 5.15. The van der Waals surface area contributed by atoms with Gasteiger partial charge in [-0.25, -0.2) is 0 Å². The number of ketones is 3. The van der Waals surface area contributed by atoms with Gasteiger partial charge in [-0.15, -0.1) is 0 Å². The van der Waals surface area contributed by atoms with E-state index in [0.717, 1.165) is 12.8 Å². The number of unbranched alkanes of at least 4 members (excludes halogenated alkanes) is 1. The van der Waals surface area contributed by atoms with Crippen LogP contribution in [0, 0.1) is 0 Å². The fraction of sp³-hybridized carbons (Fsp3) is 0.444. The molecular weight excluding hydrogens is 468 g/mol. The first-order chi connectivity index (χ1) is 17.2. The van der Waals surface area contributed by atoms with E-state index in [-0.39, 0.29) is 29.7 Å². The maximum Gasteiger partial charge on any atom is 0.204 e. The number of Topliss-reactive ketones (excluding diaryl/α,β-unsaturated/α-hetero) is 3.